The van der Waals surface area contributed by atoms with Gasteiger partial charge in [0.2, 0.25) is 0 Å². The predicted octanol–water partition coefficient (Wildman–Crippen LogP) is 1.22. The number of carboxylic acid groups (broad SMARTS) is 1. The van der Waals surface area contributed by atoms with Gasteiger partial charge in [-0.3, -0.25) is 19.7 Å². The van der Waals surface area contributed by atoms with E-state index in [0.717, 1.165) is 23.0 Å². The minimum Gasteiger partial charge on any atom is -0.508 e. The molecule has 3 aromatic rings. The molecule has 10 atom stereocenters. The highest BCUT2D eigenvalue weighted by Crippen LogP contribution is 2.64. The minimum absolute atomic E-state index is 0.0145. The molecule has 0 spiro atoms. The summed E-state index contributed by atoms with van der Waals surface area (Å²) in [6.45, 7) is -0.595. The number of carbonyl (C=O) groups excluding carboxylic acids is 1. The van der Waals surface area contributed by atoms with Crippen LogP contribution in [0.3, 0.4) is 0 Å². The van der Waals surface area contributed by atoms with E-state index in [1.54, 1.807) is 24.4 Å². The monoisotopic (exact) mass is 796 g/mol. The molecule has 3 aliphatic heterocycles. The van der Waals surface area contributed by atoms with E-state index in [0.29, 0.717) is 36.3 Å². The number of aromatic hydroxyl groups is 2. The quantitative estimate of drug-likeness (QED) is 0.0795. The van der Waals surface area contributed by atoms with Crippen molar-refractivity contribution in [3.63, 3.8) is 0 Å². The largest absolute Gasteiger partial charge is 0.508 e. The molecule has 16 nitrogen and oxygen atoms in total. The maximum atomic E-state index is 14.7. The molecule has 0 bridgehead atoms. The zero-order chi connectivity index (χ0) is 41.1. The highest BCUT2D eigenvalue weighted by atomic mass is 16.8. The van der Waals surface area contributed by atoms with Gasteiger partial charge in [0.15, 0.2) is 23.1 Å². The first kappa shape index (κ1) is 39.4. The number of allylic oxidation sites excluding steroid dienone is 1. The SMILES string of the molecule is N[C@@H]1CCC[C@]1(c1ccccc1)[C@H]1C=C[C@@]2(C(=O)O)[C@H]1c1cc(O)c(O[C@@]3(O)O[C@H](CO)[C@@H](O)[C@H](O)[C@H]3O)cc1N2C(=O)C=Cc1ccc(O)c(CC2=NCN=C2)c1. The van der Waals surface area contributed by atoms with E-state index in [9.17, 15) is 50.4 Å². The maximum Gasteiger partial charge on any atom is 0.355 e. The van der Waals surface area contributed by atoms with E-state index in [-0.39, 0.29) is 23.4 Å². The summed E-state index contributed by atoms with van der Waals surface area (Å²) in [5.74, 6) is -8.11. The van der Waals surface area contributed by atoms with Crippen molar-refractivity contribution in [2.24, 2.45) is 21.6 Å². The number of nitrogens with two attached hydrogens (primary N) is 1. The van der Waals surface area contributed by atoms with Gasteiger partial charge in [-0.15, -0.1) is 0 Å². The lowest BCUT2D eigenvalue weighted by Gasteiger charge is -2.44. The molecule has 8 rings (SSSR count). The van der Waals surface area contributed by atoms with E-state index in [1.807, 2.05) is 30.3 Å². The molecule has 5 aliphatic rings. The van der Waals surface area contributed by atoms with Gasteiger partial charge in [-0.1, -0.05) is 55.0 Å². The van der Waals surface area contributed by atoms with Gasteiger partial charge in [-0.2, -0.15) is 0 Å². The maximum absolute atomic E-state index is 14.7. The van der Waals surface area contributed by atoms with Crippen LogP contribution in [0.4, 0.5) is 5.69 Å². The summed E-state index contributed by atoms with van der Waals surface area (Å²) in [7, 11) is 0. The van der Waals surface area contributed by atoms with Crippen molar-refractivity contribution in [1.82, 2.24) is 0 Å². The number of aliphatic hydroxyl groups excluding tert-OH is 4. The third-order valence-corrected chi connectivity index (χ3v) is 12.4. The number of fused-ring (bicyclic) bond motifs is 3. The molecule has 0 aromatic heterocycles. The number of hydrogen-bond acceptors (Lipinski definition) is 14. The third-order valence-electron chi connectivity index (χ3n) is 12.4. The zero-order valence-corrected chi connectivity index (χ0v) is 31.1. The number of rotatable bonds is 10. The van der Waals surface area contributed by atoms with E-state index in [1.165, 1.54) is 30.4 Å². The van der Waals surface area contributed by atoms with Gasteiger partial charge < -0.3 is 56.1 Å². The molecule has 304 valence electrons. The molecule has 2 aliphatic carbocycles. The van der Waals surface area contributed by atoms with Crippen LogP contribution in [0.5, 0.6) is 17.2 Å². The molecule has 58 heavy (non-hydrogen) atoms. The second-order valence-electron chi connectivity index (χ2n) is 15.4. The molecule has 16 heteroatoms. The Balaban J connectivity index is 1.25. The summed E-state index contributed by atoms with van der Waals surface area (Å²) < 4.78 is 10.9. The first-order valence-electron chi connectivity index (χ1n) is 19.0. The van der Waals surface area contributed by atoms with Crippen LogP contribution in [-0.2, 0) is 26.2 Å². The molecule has 0 radical (unpaired) electrons. The molecular formula is C42H44N4O12. The van der Waals surface area contributed by atoms with Gasteiger partial charge in [0.25, 0.3) is 5.91 Å². The molecular weight excluding hydrogens is 752 g/mol. The standard InChI is InChI=1S/C42H44N4O12/c43-33-7-4-13-40(33,24-5-2-1-3-6-24)27-12-14-41(39(54)55)35(27)26-17-30(49)31(57-42(56)38(53)37(52)36(51)32(20-47)58-42)18-28(26)46(41)34(50)11-9-22-8-10-29(48)23(15-22)16-25-19-44-21-45-25/h1-3,5-6,8-12,14-15,17-19,27,32-33,35-38,47-49,51-53,56H,4,7,13,16,20-21,43H2,(H,54,55)/t27-,32+,33+,35-,36+,37-,38+,40-,41-,42+/m0/s1. The van der Waals surface area contributed by atoms with Gasteiger partial charge in [0.1, 0.15) is 30.7 Å². The van der Waals surface area contributed by atoms with Crippen molar-refractivity contribution < 1.29 is 59.9 Å². The zero-order valence-electron chi connectivity index (χ0n) is 31.1. The predicted molar refractivity (Wildman–Crippen MR) is 208 cm³/mol. The number of ether oxygens (including phenoxy) is 2. The molecule has 0 unspecified atom stereocenters. The molecule has 3 heterocycles. The number of carbonyl (C=O) groups is 2. The first-order chi connectivity index (χ1) is 27.7. The Morgan fingerprint density at radius 1 is 1.03 bits per heavy atom. The number of benzene rings is 3. The van der Waals surface area contributed by atoms with Gasteiger partial charge in [0.05, 0.1) is 18.0 Å². The average molecular weight is 797 g/mol. The highest BCUT2D eigenvalue weighted by molar-refractivity contribution is 6.32. The summed E-state index contributed by atoms with van der Waals surface area (Å²) in [4.78, 5) is 38.0. The van der Waals surface area contributed by atoms with Gasteiger partial charge in [-0.05, 0) is 59.7 Å². The second kappa shape index (κ2) is 14.7. The summed E-state index contributed by atoms with van der Waals surface area (Å²) >= 11 is 0. The Hall–Kier alpha value is -5.46. The van der Waals surface area contributed by atoms with Crippen molar-refractivity contribution in [3.05, 3.63) is 101 Å². The van der Waals surface area contributed by atoms with Crippen LogP contribution in [-0.4, -0.2) is 120 Å². The number of amides is 1. The summed E-state index contributed by atoms with van der Waals surface area (Å²) in [5, 5.41) is 85.9. The van der Waals surface area contributed by atoms with Crippen LogP contribution in [0.2, 0.25) is 0 Å². The summed E-state index contributed by atoms with van der Waals surface area (Å²) in [6.07, 6.45) is 2.08. The van der Waals surface area contributed by atoms with Crippen molar-refractivity contribution in [3.8, 4) is 17.2 Å². The Labute approximate surface area is 332 Å². The van der Waals surface area contributed by atoms with Crippen molar-refractivity contribution in [1.29, 1.82) is 0 Å². The van der Waals surface area contributed by atoms with E-state index >= 15 is 0 Å². The number of nitrogens with zero attached hydrogens (tertiary/aromatic N) is 3. The lowest BCUT2D eigenvalue weighted by molar-refractivity contribution is -0.422. The molecule has 10 N–H and O–H groups in total. The van der Waals surface area contributed by atoms with Crippen molar-refractivity contribution in [2.75, 3.05) is 18.2 Å². The van der Waals surface area contributed by atoms with E-state index in [2.05, 4.69) is 9.98 Å². The lowest BCUT2D eigenvalue weighted by Crippen LogP contribution is -2.67. The number of phenols is 2. The fourth-order valence-electron chi connectivity index (χ4n) is 9.60. The topological polar surface area (TPSA) is 268 Å². The third kappa shape index (κ3) is 6.10. The number of aliphatic carboxylic acids is 1. The number of aliphatic hydroxyl groups is 5. The fraction of sp³-hybridized carbons (Fsp3) is 0.381. The van der Waals surface area contributed by atoms with Crippen LogP contribution in [0.25, 0.3) is 6.08 Å². The van der Waals surface area contributed by atoms with Crippen LogP contribution in [0.1, 0.15) is 47.4 Å². The number of phenolic OH excluding ortho intramolecular Hbond substituents is 2. The number of aliphatic imine (C=N–C) groups is 2. The van der Waals surface area contributed by atoms with Crippen LogP contribution in [0, 0.1) is 5.92 Å². The van der Waals surface area contributed by atoms with Crippen LogP contribution >= 0.6 is 0 Å². The number of carboxylic acids is 1. The van der Waals surface area contributed by atoms with E-state index in [4.69, 9.17) is 15.2 Å². The summed E-state index contributed by atoms with van der Waals surface area (Å²) in [6, 6.07) is 16.3. The average Bonchev–Trinajstić information content (AvgIpc) is 4.01. The van der Waals surface area contributed by atoms with Gasteiger partial charge in [0, 0.05) is 47.7 Å². The first-order valence-corrected chi connectivity index (χ1v) is 19.0. The Bertz CT molecular complexity index is 2250. The van der Waals surface area contributed by atoms with Crippen LogP contribution < -0.4 is 15.4 Å². The fourth-order valence-corrected chi connectivity index (χ4v) is 9.60. The summed E-state index contributed by atoms with van der Waals surface area (Å²) in [5.41, 5.74) is 6.96. The van der Waals surface area contributed by atoms with Crippen LogP contribution in [0.15, 0.2) is 88.9 Å². The molecule has 3 aromatic carbocycles. The van der Waals surface area contributed by atoms with Gasteiger partial charge in [-0.25, -0.2) is 4.79 Å². The van der Waals surface area contributed by atoms with Crippen molar-refractivity contribution in [2.45, 2.75) is 79.0 Å². The number of hydrogen-bond donors (Lipinski definition) is 9. The van der Waals surface area contributed by atoms with E-state index < -0.39 is 89.2 Å². The van der Waals surface area contributed by atoms with Gasteiger partial charge >= 0.3 is 11.9 Å². The molecule has 1 saturated heterocycles. The molecule has 1 amide bonds. The van der Waals surface area contributed by atoms with Crippen molar-refractivity contribution >= 4 is 35.6 Å². The smallest absolute Gasteiger partial charge is 0.355 e. The Morgan fingerprint density at radius 2 is 1.81 bits per heavy atom. The normalized spacial score (nSPS) is 33.7. The second-order valence-corrected chi connectivity index (χ2v) is 15.4. The minimum atomic E-state index is -3.13. The molecule has 1 saturated carbocycles. The molecule has 2 fully saturated rings. The Morgan fingerprint density at radius 3 is 2.48 bits per heavy atom. The highest BCUT2D eigenvalue weighted by Gasteiger charge is 2.67. The number of anilines is 1. The Kier molecular flexibility index (Phi) is 10.00. The lowest BCUT2D eigenvalue weighted by atomic mass is 9.61.